The van der Waals surface area contributed by atoms with Gasteiger partial charge in [0.2, 0.25) is 17.6 Å². The summed E-state index contributed by atoms with van der Waals surface area (Å²) in [6.07, 6.45) is 0.532. The number of benzene rings is 2. The van der Waals surface area contributed by atoms with Gasteiger partial charge < -0.3 is 9.84 Å². The van der Waals surface area contributed by atoms with Crippen LogP contribution in [0, 0.1) is 5.82 Å². The fourth-order valence-electron chi connectivity index (χ4n) is 2.78. The van der Waals surface area contributed by atoms with Gasteiger partial charge in [-0.3, -0.25) is 4.79 Å². The molecule has 1 amide bonds. The molecule has 5 nitrogen and oxygen atoms in total. The van der Waals surface area contributed by atoms with Gasteiger partial charge >= 0.3 is 0 Å². The molecule has 0 bridgehead atoms. The highest BCUT2D eigenvalue weighted by Gasteiger charge is 2.15. The largest absolute Gasteiger partial charge is 0.347 e. The van der Waals surface area contributed by atoms with Crippen LogP contribution >= 0.6 is 0 Å². The Morgan fingerprint density at radius 3 is 2.50 bits per heavy atom. The van der Waals surface area contributed by atoms with Crippen LogP contribution in [-0.2, 0) is 23.2 Å². The average Bonchev–Trinajstić information content (AvgIpc) is 3.14. The van der Waals surface area contributed by atoms with E-state index in [1.54, 1.807) is 18.2 Å². The summed E-state index contributed by atoms with van der Waals surface area (Å²) in [4.78, 5) is 16.3. The number of halogens is 1. The molecule has 0 spiro atoms. The maximum atomic E-state index is 13.6. The maximum Gasteiger partial charge on any atom is 0.246 e. The third-order valence-corrected chi connectivity index (χ3v) is 4.49. The summed E-state index contributed by atoms with van der Waals surface area (Å²) in [5.41, 5.74) is 2.68. The molecular weight excluding hydrogens is 357 g/mol. The van der Waals surface area contributed by atoms with Gasteiger partial charge in [-0.2, -0.15) is 4.98 Å². The van der Waals surface area contributed by atoms with Gasteiger partial charge in [-0.25, -0.2) is 4.39 Å². The van der Waals surface area contributed by atoms with E-state index in [0.717, 1.165) is 5.56 Å². The monoisotopic (exact) mass is 381 g/mol. The van der Waals surface area contributed by atoms with Crippen LogP contribution in [0.2, 0.25) is 0 Å². The molecule has 1 aromatic heterocycles. The van der Waals surface area contributed by atoms with Crippen molar-refractivity contribution < 1.29 is 13.7 Å². The lowest BCUT2D eigenvalue weighted by molar-refractivity contribution is -0.121. The first kappa shape index (κ1) is 19.7. The Balaban J connectivity index is 1.53. The van der Waals surface area contributed by atoms with Crippen LogP contribution in [0.1, 0.15) is 44.2 Å². The second-order valence-corrected chi connectivity index (χ2v) is 7.71. The topological polar surface area (TPSA) is 68.0 Å². The molecule has 0 aliphatic rings. The number of rotatable bonds is 6. The highest BCUT2D eigenvalue weighted by atomic mass is 19.1. The zero-order chi connectivity index (χ0) is 20.1. The van der Waals surface area contributed by atoms with Crippen LogP contribution in [0.25, 0.3) is 11.4 Å². The molecule has 0 unspecified atom stereocenters. The molecule has 0 fully saturated rings. The van der Waals surface area contributed by atoms with Crippen molar-refractivity contribution in [2.75, 3.05) is 0 Å². The van der Waals surface area contributed by atoms with Gasteiger partial charge in [0.1, 0.15) is 5.82 Å². The summed E-state index contributed by atoms with van der Waals surface area (Å²) in [6.45, 7) is 6.61. The molecule has 146 valence electrons. The normalized spacial score (nSPS) is 11.4. The summed E-state index contributed by atoms with van der Waals surface area (Å²) >= 11 is 0. The molecule has 1 N–H and O–H groups in total. The van der Waals surface area contributed by atoms with Crippen molar-refractivity contribution in [3.63, 3.8) is 0 Å². The van der Waals surface area contributed by atoms with E-state index in [2.05, 4.69) is 48.4 Å². The molecule has 1 heterocycles. The summed E-state index contributed by atoms with van der Waals surface area (Å²) in [5.74, 6) is 0.317. The molecule has 3 aromatic rings. The van der Waals surface area contributed by atoms with Crippen LogP contribution in [0.15, 0.2) is 53.1 Å². The second kappa shape index (κ2) is 8.33. The van der Waals surface area contributed by atoms with Crippen molar-refractivity contribution in [3.05, 3.63) is 71.4 Å². The minimum atomic E-state index is -0.297. The standard InChI is InChI=1S/C22H24FN3O2/c1-22(2,3)17-11-8-16(9-12-17)21-25-20(28-26-21)14-24-19(27)13-10-15-6-4-5-7-18(15)23/h4-9,11-12H,10,13-14H2,1-3H3,(H,24,27). The molecule has 2 aromatic carbocycles. The minimum Gasteiger partial charge on any atom is -0.347 e. The van der Waals surface area contributed by atoms with E-state index in [9.17, 15) is 9.18 Å². The molecule has 0 radical (unpaired) electrons. The Morgan fingerprint density at radius 2 is 1.82 bits per heavy atom. The van der Waals surface area contributed by atoms with E-state index in [1.807, 2.05) is 12.1 Å². The highest BCUT2D eigenvalue weighted by molar-refractivity contribution is 5.76. The van der Waals surface area contributed by atoms with Crippen molar-refractivity contribution in [2.45, 2.75) is 45.6 Å². The number of carbonyl (C=O) groups excluding carboxylic acids is 1. The number of aromatic nitrogens is 2. The SMILES string of the molecule is CC(C)(C)c1ccc(-c2noc(CNC(=O)CCc3ccccc3F)n2)cc1. The molecule has 0 aliphatic carbocycles. The minimum absolute atomic E-state index is 0.0773. The number of amides is 1. The quantitative estimate of drug-likeness (QED) is 0.686. The zero-order valence-electron chi connectivity index (χ0n) is 16.3. The van der Waals surface area contributed by atoms with Crippen molar-refractivity contribution in [2.24, 2.45) is 0 Å². The van der Waals surface area contributed by atoms with Crippen LogP contribution in [0.4, 0.5) is 4.39 Å². The van der Waals surface area contributed by atoms with E-state index >= 15 is 0 Å². The predicted octanol–water partition coefficient (Wildman–Crippen LogP) is 4.42. The summed E-state index contributed by atoms with van der Waals surface area (Å²) in [5, 5.41) is 6.70. The Morgan fingerprint density at radius 1 is 1.11 bits per heavy atom. The molecule has 6 heteroatoms. The number of hydrogen-bond acceptors (Lipinski definition) is 4. The Hall–Kier alpha value is -3.02. The molecule has 28 heavy (non-hydrogen) atoms. The lowest BCUT2D eigenvalue weighted by Gasteiger charge is -2.18. The predicted molar refractivity (Wildman–Crippen MR) is 105 cm³/mol. The third kappa shape index (κ3) is 5.03. The smallest absolute Gasteiger partial charge is 0.246 e. The third-order valence-electron chi connectivity index (χ3n) is 4.49. The van der Waals surface area contributed by atoms with Gasteiger partial charge in [-0.05, 0) is 29.0 Å². The Bertz CT molecular complexity index is 943. The number of nitrogens with one attached hydrogen (secondary N) is 1. The van der Waals surface area contributed by atoms with Crippen LogP contribution < -0.4 is 5.32 Å². The van der Waals surface area contributed by atoms with E-state index in [-0.39, 0.29) is 30.1 Å². The van der Waals surface area contributed by atoms with Crippen LogP contribution in [0.3, 0.4) is 0 Å². The maximum absolute atomic E-state index is 13.6. The number of hydrogen-bond donors (Lipinski definition) is 1. The molecule has 0 saturated heterocycles. The first-order valence-electron chi connectivity index (χ1n) is 9.26. The number of aryl methyl sites for hydroxylation is 1. The van der Waals surface area contributed by atoms with Crippen LogP contribution in [0.5, 0.6) is 0 Å². The van der Waals surface area contributed by atoms with Crippen LogP contribution in [-0.4, -0.2) is 16.0 Å². The van der Waals surface area contributed by atoms with Gasteiger partial charge in [0.15, 0.2) is 0 Å². The molecule has 0 saturated carbocycles. The molecule has 0 aliphatic heterocycles. The Kier molecular flexibility index (Phi) is 5.87. The zero-order valence-corrected chi connectivity index (χ0v) is 16.3. The second-order valence-electron chi connectivity index (χ2n) is 7.71. The highest BCUT2D eigenvalue weighted by Crippen LogP contribution is 2.25. The van der Waals surface area contributed by atoms with E-state index in [4.69, 9.17) is 4.52 Å². The number of carbonyl (C=O) groups is 1. The Labute approximate surface area is 164 Å². The van der Waals surface area contributed by atoms with Gasteiger partial charge in [0, 0.05) is 12.0 Å². The van der Waals surface area contributed by atoms with Gasteiger partial charge in [-0.1, -0.05) is 68.4 Å². The van der Waals surface area contributed by atoms with E-state index < -0.39 is 0 Å². The average molecular weight is 381 g/mol. The summed E-state index contributed by atoms with van der Waals surface area (Å²) < 4.78 is 18.8. The van der Waals surface area contributed by atoms with Crippen molar-refractivity contribution >= 4 is 5.91 Å². The number of nitrogens with zero attached hydrogens (tertiary/aromatic N) is 2. The molecule has 3 rings (SSSR count). The first-order valence-corrected chi connectivity index (χ1v) is 9.26. The van der Waals surface area contributed by atoms with E-state index in [0.29, 0.717) is 23.7 Å². The van der Waals surface area contributed by atoms with Crippen molar-refractivity contribution in [1.82, 2.24) is 15.5 Å². The van der Waals surface area contributed by atoms with E-state index in [1.165, 1.54) is 11.6 Å². The van der Waals surface area contributed by atoms with Gasteiger partial charge in [0.25, 0.3) is 0 Å². The van der Waals surface area contributed by atoms with Gasteiger partial charge in [-0.15, -0.1) is 0 Å². The summed E-state index contributed by atoms with van der Waals surface area (Å²) in [6, 6.07) is 14.5. The molecule has 0 atom stereocenters. The lowest BCUT2D eigenvalue weighted by Crippen LogP contribution is -2.23. The fourth-order valence-corrected chi connectivity index (χ4v) is 2.78. The first-order chi connectivity index (χ1) is 13.3. The van der Waals surface area contributed by atoms with Crippen molar-refractivity contribution in [1.29, 1.82) is 0 Å². The fraction of sp³-hybridized carbons (Fsp3) is 0.318. The van der Waals surface area contributed by atoms with Crippen molar-refractivity contribution in [3.8, 4) is 11.4 Å². The lowest BCUT2D eigenvalue weighted by atomic mass is 9.87. The molecular formula is C22H24FN3O2. The van der Waals surface area contributed by atoms with Gasteiger partial charge in [0.05, 0.1) is 6.54 Å². The summed E-state index contributed by atoms with van der Waals surface area (Å²) in [7, 11) is 0.